The first-order chi connectivity index (χ1) is 13.8. The van der Waals surface area contributed by atoms with Crippen molar-refractivity contribution in [1.82, 2.24) is 28.4 Å². The van der Waals surface area contributed by atoms with Gasteiger partial charge in [0.2, 0.25) is 20.0 Å². The van der Waals surface area contributed by atoms with Crippen LogP contribution in [-0.2, 0) is 33.1 Å². The summed E-state index contributed by atoms with van der Waals surface area (Å²) >= 11 is 0. The molecule has 0 saturated carbocycles. The molecule has 158 valence electrons. The Bertz CT molecular complexity index is 1080. The van der Waals surface area contributed by atoms with E-state index in [2.05, 4.69) is 15.2 Å². The average molecular weight is 441 g/mol. The van der Waals surface area contributed by atoms with Gasteiger partial charge in [0.25, 0.3) is 0 Å². The number of hydrogen-bond donors (Lipinski definition) is 0. The first-order valence-corrected chi connectivity index (χ1v) is 12.7. The minimum absolute atomic E-state index is 0.0344. The number of hydrogen-bond acceptors (Lipinski definition) is 7. The van der Waals surface area contributed by atoms with Crippen LogP contribution >= 0.6 is 0 Å². The fourth-order valence-corrected chi connectivity index (χ4v) is 6.43. The second-order valence-corrected chi connectivity index (χ2v) is 11.4. The van der Waals surface area contributed by atoms with Crippen LogP contribution in [0.2, 0.25) is 0 Å². The van der Waals surface area contributed by atoms with Crippen LogP contribution in [0, 0.1) is 0 Å². The number of sulfonamides is 2. The molecular weight excluding hydrogens is 416 g/mol. The van der Waals surface area contributed by atoms with Crippen molar-refractivity contribution >= 4 is 20.0 Å². The van der Waals surface area contributed by atoms with E-state index in [1.165, 1.54) is 27.1 Å². The predicted molar refractivity (Wildman–Crippen MR) is 105 cm³/mol. The third-order valence-electron chi connectivity index (χ3n) is 5.53. The van der Waals surface area contributed by atoms with Gasteiger partial charge in [-0.2, -0.15) is 4.31 Å². The standard InChI is InChI=1S/C17H24N6O4S2/c1-2-28(24,25)21-8-4-5-14(12-21)17-20-19-16-13-22(9-10-23(16)17)29(26,27)15-6-3-7-18-11-15/h3,6-7,11,14H,2,4-5,8-10,12-13H2,1H3. The van der Waals surface area contributed by atoms with E-state index in [1.807, 2.05) is 4.57 Å². The summed E-state index contributed by atoms with van der Waals surface area (Å²) in [5, 5.41) is 8.53. The largest absolute Gasteiger partial charge is 0.312 e. The van der Waals surface area contributed by atoms with Gasteiger partial charge < -0.3 is 4.57 Å². The minimum atomic E-state index is -3.65. The molecule has 0 spiro atoms. The van der Waals surface area contributed by atoms with E-state index in [9.17, 15) is 16.8 Å². The van der Waals surface area contributed by atoms with Crippen LogP contribution in [0.3, 0.4) is 0 Å². The third kappa shape index (κ3) is 3.81. The van der Waals surface area contributed by atoms with Crippen molar-refractivity contribution in [3.8, 4) is 0 Å². The Morgan fingerprint density at radius 2 is 1.93 bits per heavy atom. The van der Waals surface area contributed by atoms with E-state index in [1.54, 1.807) is 13.0 Å². The molecule has 1 atom stereocenters. The van der Waals surface area contributed by atoms with Crippen molar-refractivity contribution in [1.29, 1.82) is 0 Å². The Labute approximate surface area is 170 Å². The van der Waals surface area contributed by atoms with E-state index >= 15 is 0 Å². The number of nitrogens with zero attached hydrogens (tertiary/aromatic N) is 6. The Hall–Kier alpha value is -1.89. The molecule has 12 heteroatoms. The normalized spacial score (nSPS) is 21.8. The third-order valence-corrected chi connectivity index (χ3v) is 9.20. The van der Waals surface area contributed by atoms with Crippen LogP contribution in [0.15, 0.2) is 29.4 Å². The lowest BCUT2D eigenvalue weighted by atomic mass is 9.98. The molecule has 0 amide bonds. The van der Waals surface area contributed by atoms with Crippen LogP contribution in [0.25, 0.3) is 0 Å². The van der Waals surface area contributed by atoms with Crippen LogP contribution in [0.4, 0.5) is 0 Å². The smallest absolute Gasteiger partial charge is 0.245 e. The molecule has 2 aromatic heterocycles. The molecule has 2 aliphatic rings. The van der Waals surface area contributed by atoms with Crippen molar-refractivity contribution in [2.75, 3.05) is 25.4 Å². The number of piperidine rings is 1. The van der Waals surface area contributed by atoms with Gasteiger partial charge in [0.1, 0.15) is 16.5 Å². The van der Waals surface area contributed by atoms with Crippen molar-refractivity contribution < 1.29 is 16.8 Å². The SMILES string of the molecule is CCS(=O)(=O)N1CCCC(c2nnc3n2CCN(S(=O)(=O)c2cccnc2)C3)C1. The van der Waals surface area contributed by atoms with Gasteiger partial charge in [0.15, 0.2) is 0 Å². The van der Waals surface area contributed by atoms with Crippen LogP contribution < -0.4 is 0 Å². The molecule has 2 aliphatic heterocycles. The summed E-state index contributed by atoms with van der Waals surface area (Å²) in [6.07, 6.45) is 4.48. The molecular formula is C17H24N6O4S2. The van der Waals surface area contributed by atoms with Gasteiger partial charge in [-0.25, -0.2) is 21.1 Å². The zero-order valence-corrected chi connectivity index (χ0v) is 17.8. The van der Waals surface area contributed by atoms with Crippen LogP contribution in [-0.4, -0.2) is 70.6 Å². The Morgan fingerprint density at radius 1 is 1.10 bits per heavy atom. The Morgan fingerprint density at radius 3 is 2.66 bits per heavy atom. The molecule has 0 aromatic carbocycles. The van der Waals surface area contributed by atoms with Gasteiger partial charge in [-0.3, -0.25) is 4.98 Å². The first-order valence-electron chi connectivity index (χ1n) is 9.63. The van der Waals surface area contributed by atoms with Gasteiger partial charge in [0, 0.05) is 44.5 Å². The predicted octanol–water partition coefficient (Wildman–Crippen LogP) is 0.407. The van der Waals surface area contributed by atoms with Crippen molar-refractivity contribution in [2.24, 2.45) is 0 Å². The maximum atomic E-state index is 12.8. The van der Waals surface area contributed by atoms with Gasteiger partial charge in [-0.05, 0) is 31.9 Å². The summed E-state index contributed by atoms with van der Waals surface area (Å²) in [6, 6.07) is 3.12. The molecule has 0 bridgehead atoms. The summed E-state index contributed by atoms with van der Waals surface area (Å²) in [5.41, 5.74) is 0. The van der Waals surface area contributed by atoms with E-state index < -0.39 is 20.0 Å². The molecule has 10 nitrogen and oxygen atoms in total. The van der Waals surface area contributed by atoms with Gasteiger partial charge in [0.05, 0.1) is 12.3 Å². The molecule has 0 N–H and O–H groups in total. The number of fused-ring (bicyclic) bond motifs is 1. The summed E-state index contributed by atoms with van der Waals surface area (Å²) in [7, 11) is -6.89. The zero-order valence-electron chi connectivity index (χ0n) is 16.2. The van der Waals surface area contributed by atoms with Crippen molar-refractivity contribution in [3.05, 3.63) is 36.2 Å². The highest BCUT2D eigenvalue weighted by atomic mass is 32.2. The maximum absolute atomic E-state index is 12.8. The van der Waals surface area contributed by atoms with Crippen molar-refractivity contribution in [3.63, 3.8) is 0 Å². The Kier molecular flexibility index (Phi) is 5.44. The molecule has 1 fully saturated rings. The van der Waals surface area contributed by atoms with Gasteiger partial charge in [-0.15, -0.1) is 10.2 Å². The second-order valence-electron chi connectivity index (χ2n) is 7.25. The quantitative estimate of drug-likeness (QED) is 0.660. The molecule has 1 unspecified atom stereocenters. The zero-order chi connectivity index (χ0) is 20.6. The summed E-state index contributed by atoms with van der Waals surface area (Å²) in [6.45, 7) is 3.45. The maximum Gasteiger partial charge on any atom is 0.245 e. The molecule has 4 rings (SSSR count). The average Bonchev–Trinajstić information content (AvgIpc) is 3.18. The fraction of sp³-hybridized carbons (Fsp3) is 0.588. The fourth-order valence-electron chi connectivity index (χ4n) is 3.90. The van der Waals surface area contributed by atoms with Gasteiger partial charge in [-0.1, -0.05) is 0 Å². The van der Waals surface area contributed by atoms with E-state index in [-0.39, 0.29) is 23.1 Å². The van der Waals surface area contributed by atoms with Crippen LogP contribution in [0.5, 0.6) is 0 Å². The highest BCUT2D eigenvalue weighted by Gasteiger charge is 2.35. The molecule has 2 aromatic rings. The number of pyridine rings is 1. The summed E-state index contributed by atoms with van der Waals surface area (Å²) < 4.78 is 55.1. The lowest BCUT2D eigenvalue weighted by molar-refractivity contribution is 0.292. The lowest BCUT2D eigenvalue weighted by Crippen LogP contribution is -2.42. The highest BCUT2D eigenvalue weighted by Crippen LogP contribution is 2.30. The van der Waals surface area contributed by atoms with Crippen LogP contribution in [0.1, 0.15) is 37.3 Å². The number of aromatic nitrogens is 4. The summed E-state index contributed by atoms with van der Waals surface area (Å²) in [4.78, 5) is 4.05. The lowest BCUT2D eigenvalue weighted by Gasteiger charge is -2.32. The molecule has 0 aliphatic carbocycles. The molecule has 0 radical (unpaired) electrons. The molecule has 1 saturated heterocycles. The Balaban J connectivity index is 1.55. The van der Waals surface area contributed by atoms with E-state index in [0.717, 1.165) is 18.7 Å². The topological polar surface area (TPSA) is 118 Å². The minimum Gasteiger partial charge on any atom is -0.312 e. The highest BCUT2D eigenvalue weighted by molar-refractivity contribution is 7.89. The monoisotopic (exact) mass is 440 g/mol. The second kappa shape index (κ2) is 7.74. The van der Waals surface area contributed by atoms with E-state index in [0.29, 0.717) is 32.0 Å². The first kappa shape index (κ1) is 20.4. The van der Waals surface area contributed by atoms with E-state index in [4.69, 9.17) is 0 Å². The summed E-state index contributed by atoms with van der Waals surface area (Å²) in [5.74, 6) is 1.37. The molecule has 29 heavy (non-hydrogen) atoms. The van der Waals surface area contributed by atoms with Gasteiger partial charge >= 0.3 is 0 Å². The number of rotatable bonds is 5. The molecule has 4 heterocycles. The van der Waals surface area contributed by atoms with Crippen molar-refractivity contribution in [2.45, 2.75) is 43.7 Å².